The summed E-state index contributed by atoms with van der Waals surface area (Å²) in [6, 6.07) is 7.94. The van der Waals surface area contributed by atoms with E-state index < -0.39 is 17.5 Å². The molecule has 0 spiro atoms. The lowest BCUT2D eigenvalue weighted by Gasteiger charge is -2.21. The number of hydrogen-bond donors (Lipinski definition) is 1. The van der Waals surface area contributed by atoms with Gasteiger partial charge in [-0.15, -0.1) is 0 Å². The topological polar surface area (TPSA) is 73.2 Å². The second-order valence-electron chi connectivity index (χ2n) is 4.11. The second-order valence-corrected chi connectivity index (χ2v) is 4.55. The van der Waals surface area contributed by atoms with Crippen LogP contribution in [0.1, 0.15) is 12.5 Å². The minimum atomic E-state index is -1.17. The fraction of sp³-hybridized carbons (Fsp3) is 0.250. The number of carbonyl (C=O) groups excluding carboxylic acids is 2. The van der Waals surface area contributed by atoms with Crippen molar-refractivity contribution >= 4 is 23.5 Å². The number of hydrogen-bond acceptors (Lipinski definition) is 3. The average Bonchev–Trinajstić information content (AvgIpc) is 2.55. The Morgan fingerprint density at radius 3 is 2.83 bits per heavy atom. The molecule has 5 nitrogen and oxygen atoms in total. The molecular weight excluding hydrogens is 254 g/mol. The molecule has 92 valence electrons. The highest BCUT2D eigenvalue weighted by molar-refractivity contribution is 6.30. The van der Waals surface area contributed by atoms with Crippen molar-refractivity contribution in [1.29, 1.82) is 5.26 Å². The Morgan fingerprint density at radius 2 is 2.22 bits per heavy atom. The van der Waals surface area contributed by atoms with Gasteiger partial charge in [0.15, 0.2) is 0 Å². The summed E-state index contributed by atoms with van der Waals surface area (Å²) in [4.78, 5) is 24.7. The SMILES string of the molecule is CC1(c2cccc(Cl)c2)NC(=O)N(CC#N)C1=O. The minimum absolute atomic E-state index is 0.263. The van der Waals surface area contributed by atoms with Gasteiger partial charge in [-0.2, -0.15) is 5.26 Å². The molecule has 1 aromatic rings. The van der Waals surface area contributed by atoms with Crippen LogP contribution in [-0.2, 0) is 10.3 Å². The van der Waals surface area contributed by atoms with E-state index in [1.807, 2.05) is 0 Å². The van der Waals surface area contributed by atoms with Gasteiger partial charge in [-0.05, 0) is 24.6 Å². The molecule has 1 aliphatic heterocycles. The number of nitrogens with zero attached hydrogens (tertiary/aromatic N) is 2. The average molecular weight is 264 g/mol. The Kier molecular flexibility index (Phi) is 2.97. The van der Waals surface area contributed by atoms with Crippen molar-refractivity contribution in [2.24, 2.45) is 0 Å². The predicted molar refractivity (Wildman–Crippen MR) is 64.7 cm³/mol. The molecule has 3 amide bonds. The largest absolute Gasteiger partial charge is 0.326 e. The molecular formula is C12H10ClN3O2. The van der Waals surface area contributed by atoms with Crippen LogP contribution < -0.4 is 5.32 Å². The second kappa shape index (κ2) is 4.31. The van der Waals surface area contributed by atoms with Crippen LogP contribution in [0.15, 0.2) is 24.3 Å². The van der Waals surface area contributed by atoms with E-state index in [4.69, 9.17) is 16.9 Å². The molecule has 1 N–H and O–H groups in total. The third-order valence-electron chi connectivity index (χ3n) is 2.91. The maximum absolute atomic E-state index is 12.2. The molecule has 1 atom stereocenters. The van der Waals surface area contributed by atoms with Crippen LogP contribution >= 0.6 is 11.6 Å². The highest BCUT2D eigenvalue weighted by atomic mass is 35.5. The fourth-order valence-corrected chi connectivity index (χ4v) is 2.10. The first-order chi connectivity index (χ1) is 8.49. The molecule has 1 heterocycles. The normalized spacial score (nSPS) is 22.8. The third-order valence-corrected chi connectivity index (χ3v) is 3.14. The molecule has 1 unspecified atom stereocenters. The highest BCUT2D eigenvalue weighted by Crippen LogP contribution is 2.29. The van der Waals surface area contributed by atoms with Gasteiger partial charge in [0, 0.05) is 5.02 Å². The van der Waals surface area contributed by atoms with E-state index in [0.717, 1.165) is 4.90 Å². The molecule has 0 aromatic heterocycles. The van der Waals surface area contributed by atoms with Crippen LogP contribution in [0.4, 0.5) is 4.79 Å². The van der Waals surface area contributed by atoms with Crippen molar-refractivity contribution in [3.05, 3.63) is 34.9 Å². The van der Waals surface area contributed by atoms with Crippen LogP contribution in [0.25, 0.3) is 0 Å². The van der Waals surface area contributed by atoms with Gasteiger partial charge in [-0.1, -0.05) is 23.7 Å². The van der Waals surface area contributed by atoms with Crippen molar-refractivity contribution in [1.82, 2.24) is 10.2 Å². The van der Waals surface area contributed by atoms with Gasteiger partial charge >= 0.3 is 6.03 Å². The summed E-state index contributed by atoms with van der Waals surface area (Å²) in [5, 5.41) is 11.7. The predicted octanol–water partition coefficient (Wildman–Crippen LogP) is 1.63. The number of imide groups is 1. The number of carbonyl (C=O) groups is 2. The summed E-state index contributed by atoms with van der Waals surface area (Å²) < 4.78 is 0. The van der Waals surface area contributed by atoms with Gasteiger partial charge in [-0.3, -0.25) is 4.79 Å². The van der Waals surface area contributed by atoms with Crippen LogP contribution in [-0.4, -0.2) is 23.4 Å². The van der Waals surface area contributed by atoms with Crippen molar-refractivity contribution in [2.45, 2.75) is 12.5 Å². The molecule has 2 rings (SSSR count). The lowest BCUT2D eigenvalue weighted by Crippen LogP contribution is -2.40. The molecule has 18 heavy (non-hydrogen) atoms. The van der Waals surface area contributed by atoms with Crippen LogP contribution in [0.3, 0.4) is 0 Å². The molecule has 1 aromatic carbocycles. The van der Waals surface area contributed by atoms with Gasteiger partial charge < -0.3 is 5.32 Å². The molecule has 0 saturated carbocycles. The third kappa shape index (κ3) is 1.81. The van der Waals surface area contributed by atoms with Crippen LogP contribution in [0, 0.1) is 11.3 Å². The first-order valence-electron chi connectivity index (χ1n) is 5.26. The zero-order valence-corrected chi connectivity index (χ0v) is 10.4. The summed E-state index contributed by atoms with van der Waals surface area (Å²) >= 11 is 5.88. The molecule has 0 radical (unpaired) electrons. The molecule has 1 saturated heterocycles. The Hall–Kier alpha value is -2.06. The van der Waals surface area contributed by atoms with Crippen molar-refractivity contribution in [2.75, 3.05) is 6.54 Å². The van der Waals surface area contributed by atoms with Gasteiger partial charge in [0.2, 0.25) is 0 Å². The fourth-order valence-electron chi connectivity index (χ4n) is 1.91. The lowest BCUT2D eigenvalue weighted by molar-refractivity contribution is -0.130. The van der Waals surface area contributed by atoms with Crippen molar-refractivity contribution < 1.29 is 9.59 Å². The molecule has 1 fully saturated rings. The number of amides is 3. The number of rotatable bonds is 2. The summed E-state index contributed by atoms with van der Waals surface area (Å²) in [6.07, 6.45) is 0. The van der Waals surface area contributed by atoms with E-state index in [1.54, 1.807) is 37.3 Å². The molecule has 0 bridgehead atoms. The first-order valence-corrected chi connectivity index (χ1v) is 5.64. The monoisotopic (exact) mass is 263 g/mol. The maximum Gasteiger partial charge on any atom is 0.326 e. The van der Waals surface area contributed by atoms with E-state index in [9.17, 15) is 9.59 Å². The van der Waals surface area contributed by atoms with Gasteiger partial charge in [0.05, 0.1) is 6.07 Å². The van der Waals surface area contributed by atoms with Crippen molar-refractivity contribution in [3.63, 3.8) is 0 Å². The molecule has 1 aliphatic rings. The first kappa shape index (κ1) is 12.4. The Bertz CT molecular complexity index is 567. The van der Waals surface area contributed by atoms with Gasteiger partial charge in [0.1, 0.15) is 12.1 Å². The minimum Gasteiger partial charge on any atom is -0.319 e. The summed E-state index contributed by atoms with van der Waals surface area (Å²) in [6.45, 7) is 1.33. The smallest absolute Gasteiger partial charge is 0.319 e. The number of urea groups is 1. The van der Waals surface area contributed by atoms with Crippen LogP contribution in [0.5, 0.6) is 0 Å². The Morgan fingerprint density at radius 1 is 1.50 bits per heavy atom. The zero-order valence-electron chi connectivity index (χ0n) is 9.61. The van der Waals surface area contributed by atoms with E-state index in [1.165, 1.54) is 0 Å². The van der Waals surface area contributed by atoms with E-state index in [-0.39, 0.29) is 6.54 Å². The van der Waals surface area contributed by atoms with Gasteiger partial charge in [0.25, 0.3) is 5.91 Å². The standard InChI is InChI=1S/C12H10ClN3O2/c1-12(8-3-2-4-9(13)7-8)10(17)16(6-5-14)11(18)15-12/h2-4,7H,6H2,1H3,(H,15,18). The Labute approximate surface area is 109 Å². The quantitative estimate of drug-likeness (QED) is 0.651. The zero-order chi connectivity index (χ0) is 13.3. The van der Waals surface area contributed by atoms with Crippen LogP contribution in [0.2, 0.25) is 5.02 Å². The Balaban J connectivity index is 2.42. The maximum atomic E-state index is 12.2. The number of nitrogens with one attached hydrogen (secondary N) is 1. The molecule has 6 heteroatoms. The van der Waals surface area contributed by atoms with E-state index in [2.05, 4.69) is 5.32 Å². The van der Waals surface area contributed by atoms with E-state index >= 15 is 0 Å². The summed E-state index contributed by atoms with van der Waals surface area (Å²) in [5.74, 6) is -0.448. The van der Waals surface area contributed by atoms with Gasteiger partial charge in [-0.25, -0.2) is 9.69 Å². The van der Waals surface area contributed by atoms with Crippen molar-refractivity contribution in [3.8, 4) is 6.07 Å². The number of nitriles is 1. The number of benzene rings is 1. The molecule has 0 aliphatic carbocycles. The lowest BCUT2D eigenvalue weighted by atomic mass is 9.92. The summed E-state index contributed by atoms with van der Waals surface area (Å²) in [7, 11) is 0. The van der Waals surface area contributed by atoms with E-state index in [0.29, 0.717) is 10.6 Å². The summed E-state index contributed by atoms with van der Waals surface area (Å²) in [5.41, 5.74) is -0.576. The highest BCUT2D eigenvalue weighted by Gasteiger charge is 2.48. The number of halogens is 1.